The Morgan fingerprint density at radius 1 is 1.17 bits per heavy atom. The van der Waals surface area contributed by atoms with E-state index in [1.165, 1.54) is 19.3 Å². The molecule has 0 spiro atoms. The molecule has 1 saturated heterocycles. The summed E-state index contributed by atoms with van der Waals surface area (Å²) in [5, 5.41) is 7.14. The van der Waals surface area contributed by atoms with Crippen molar-refractivity contribution in [3.05, 3.63) is 0 Å². The average molecular weight is 469 g/mol. The Kier molecular flexibility index (Phi) is 10.4. The molecule has 0 amide bonds. The van der Waals surface area contributed by atoms with Gasteiger partial charge < -0.3 is 15.4 Å². The van der Waals surface area contributed by atoms with Crippen molar-refractivity contribution in [1.82, 2.24) is 10.6 Å². The van der Waals surface area contributed by atoms with Crippen LogP contribution in [0.3, 0.4) is 0 Å². The lowest BCUT2D eigenvalue weighted by Gasteiger charge is -2.35. The largest absolute Gasteiger partial charge is 0.381 e. The van der Waals surface area contributed by atoms with E-state index in [1.54, 1.807) is 0 Å². The Labute approximate surface area is 169 Å². The Bertz CT molecular complexity index is 378. The van der Waals surface area contributed by atoms with Crippen LogP contribution >= 0.6 is 35.7 Å². The van der Waals surface area contributed by atoms with E-state index in [9.17, 15) is 0 Å². The minimum Gasteiger partial charge on any atom is -0.381 e. The predicted octanol–water partition coefficient (Wildman–Crippen LogP) is 3.90. The Hall–Kier alpha value is 0.310. The van der Waals surface area contributed by atoms with Gasteiger partial charge in [-0.3, -0.25) is 4.99 Å². The van der Waals surface area contributed by atoms with Gasteiger partial charge in [0.05, 0.1) is 6.54 Å². The molecule has 24 heavy (non-hydrogen) atoms. The third-order valence-electron chi connectivity index (χ3n) is 5.23. The monoisotopic (exact) mass is 469 g/mol. The number of rotatable bonds is 5. The van der Waals surface area contributed by atoms with Crippen LogP contribution in [0.5, 0.6) is 0 Å². The van der Waals surface area contributed by atoms with Crippen LogP contribution in [-0.2, 0) is 4.74 Å². The standard InChI is InChI=1S/C18H35N3OS.HI/c1-5-19-17(21-16-11-14(2)10-15(3)12-16)20-13-18(23-4)6-8-22-9-7-18;/h14-16H,5-13H2,1-4H3,(H2,19,20,21);1H. The van der Waals surface area contributed by atoms with E-state index >= 15 is 0 Å². The Balaban J connectivity index is 0.00000288. The van der Waals surface area contributed by atoms with Gasteiger partial charge >= 0.3 is 0 Å². The normalized spacial score (nSPS) is 30.3. The second-order valence-electron chi connectivity index (χ2n) is 7.45. The molecule has 1 heterocycles. The van der Waals surface area contributed by atoms with Crippen molar-refractivity contribution >= 4 is 41.7 Å². The fourth-order valence-electron chi connectivity index (χ4n) is 3.97. The van der Waals surface area contributed by atoms with Crippen LogP contribution in [0.4, 0.5) is 0 Å². The molecule has 2 N–H and O–H groups in total. The van der Waals surface area contributed by atoms with Crippen molar-refractivity contribution < 1.29 is 4.74 Å². The summed E-state index contributed by atoms with van der Waals surface area (Å²) in [6.07, 6.45) is 8.31. The molecule has 0 bridgehead atoms. The second-order valence-corrected chi connectivity index (χ2v) is 8.73. The molecule has 1 aliphatic carbocycles. The lowest BCUT2D eigenvalue weighted by molar-refractivity contribution is 0.0794. The zero-order valence-corrected chi connectivity index (χ0v) is 18.9. The number of nitrogens with one attached hydrogen (secondary N) is 2. The third-order valence-corrected chi connectivity index (χ3v) is 6.63. The van der Waals surface area contributed by atoms with Crippen LogP contribution in [0.1, 0.15) is 52.9 Å². The van der Waals surface area contributed by atoms with Gasteiger partial charge in [0.15, 0.2) is 5.96 Å². The molecule has 2 fully saturated rings. The Morgan fingerprint density at radius 3 is 2.33 bits per heavy atom. The van der Waals surface area contributed by atoms with Gasteiger partial charge in [0.1, 0.15) is 0 Å². The molecular formula is C18H36IN3OS. The van der Waals surface area contributed by atoms with Crippen molar-refractivity contribution in [2.45, 2.75) is 63.7 Å². The molecule has 0 aromatic rings. The van der Waals surface area contributed by atoms with Crippen LogP contribution in [0.25, 0.3) is 0 Å². The van der Waals surface area contributed by atoms with Crippen molar-refractivity contribution in [2.24, 2.45) is 16.8 Å². The van der Waals surface area contributed by atoms with Gasteiger partial charge in [-0.05, 0) is 57.1 Å². The van der Waals surface area contributed by atoms with Crippen molar-refractivity contribution in [2.75, 3.05) is 32.6 Å². The van der Waals surface area contributed by atoms with Gasteiger partial charge in [0.2, 0.25) is 0 Å². The summed E-state index contributed by atoms with van der Waals surface area (Å²) in [5.74, 6) is 2.62. The van der Waals surface area contributed by atoms with E-state index in [4.69, 9.17) is 9.73 Å². The van der Waals surface area contributed by atoms with Gasteiger partial charge in [-0.25, -0.2) is 0 Å². The lowest BCUT2D eigenvalue weighted by Crippen LogP contribution is -2.47. The second kappa shape index (κ2) is 11.1. The minimum absolute atomic E-state index is 0. The van der Waals surface area contributed by atoms with Gasteiger partial charge in [0.25, 0.3) is 0 Å². The van der Waals surface area contributed by atoms with Crippen molar-refractivity contribution in [1.29, 1.82) is 0 Å². The number of nitrogens with zero attached hydrogens (tertiary/aromatic N) is 1. The fourth-order valence-corrected chi connectivity index (χ4v) is 4.74. The zero-order chi connectivity index (χ0) is 16.7. The number of ether oxygens (including phenoxy) is 1. The van der Waals surface area contributed by atoms with Crippen LogP contribution in [0.2, 0.25) is 0 Å². The highest BCUT2D eigenvalue weighted by atomic mass is 127. The molecular weight excluding hydrogens is 433 g/mol. The van der Waals surface area contributed by atoms with E-state index in [0.29, 0.717) is 6.04 Å². The number of aliphatic imine (C=N–C) groups is 1. The topological polar surface area (TPSA) is 45.7 Å². The lowest BCUT2D eigenvalue weighted by atomic mass is 9.80. The van der Waals surface area contributed by atoms with Crippen molar-refractivity contribution in [3.8, 4) is 0 Å². The SMILES string of the molecule is CCNC(=NCC1(SC)CCOCC1)NC1CC(C)CC(C)C1.I. The molecule has 2 rings (SSSR count). The van der Waals surface area contributed by atoms with E-state index in [0.717, 1.165) is 56.9 Å². The number of guanidine groups is 1. The average Bonchev–Trinajstić information content (AvgIpc) is 2.53. The van der Waals surface area contributed by atoms with E-state index in [-0.39, 0.29) is 28.7 Å². The first kappa shape index (κ1) is 22.4. The number of hydrogen-bond acceptors (Lipinski definition) is 3. The highest BCUT2D eigenvalue weighted by Crippen LogP contribution is 2.34. The maximum Gasteiger partial charge on any atom is 0.191 e. The first-order valence-corrected chi connectivity index (χ1v) is 10.5. The quantitative estimate of drug-likeness (QED) is 0.364. The molecule has 4 nitrogen and oxygen atoms in total. The van der Waals surface area contributed by atoms with Crippen LogP contribution in [0.15, 0.2) is 4.99 Å². The molecule has 2 unspecified atom stereocenters. The summed E-state index contributed by atoms with van der Waals surface area (Å²) >= 11 is 1.96. The highest BCUT2D eigenvalue weighted by molar-refractivity contribution is 14.0. The number of hydrogen-bond donors (Lipinski definition) is 2. The molecule has 142 valence electrons. The van der Waals surface area contributed by atoms with Gasteiger partial charge in [-0.1, -0.05) is 13.8 Å². The van der Waals surface area contributed by atoms with Gasteiger partial charge in [-0.15, -0.1) is 24.0 Å². The smallest absolute Gasteiger partial charge is 0.191 e. The summed E-state index contributed by atoms with van der Waals surface area (Å²) < 4.78 is 5.79. The summed E-state index contributed by atoms with van der Waals surface area (Å²) in [4.78, 5) is 4.94. The molecule has 0 radical (unpaired) electrons. The van der Waals surface area contributed by atoms with Crippen molar-refractivity contribution in [3.63, 3.8) is 0 Å². The van der Waals surface area contributed by atoms with Gasteiger partial charge in [-0.2, -0.15) is 11.8 Å². The first-order valence-electron chi connectivity index (χ1n) is 9.24. The highest BCUT2D eigenvalue weighted by Gasteiger charge is 2.32. The van der Waals surface area contributed by atoms with E-state index < -0.39 is 0 Å². The minimum atomic E-state index is 0. The van der Waals surface area contributed by atoms with Crippen LogP contribution in [0, 0.1) is 11.8 Å². The molecule has 1 saturated carbocycles. The third kappa shape index (κ3) is 6.90. The summed E-state index contributed by atoms with van der Waals surface area (Å²) in [6, 6.07) is 0.562. The molecule has 6 heteroatoms. The molecule has 1 aliphatic heterocycles. The maximum absolute atomic E-state index is 5.53. The van der Waals surface area contributed by atoms with E-state index in [2.05, 4.69) is 37.7 Å². The Morgan fingerprint density at radius 2 is 1.79 bits per heavy atom. The molecule has 0 aromatic carbocycles. The summed E-state index contributed by atoms with van der Waals surface area (Å²) in [5.41, 5.74) is 0. The summed E-state index contributed by atoms with van der Waals surface area (Å²) in [6.45, 7) is 10.4. The van der Waals surface area contributed by atoms with E-state index in [1.807, 2.05) is 11.8 Å². The molecule has 2 atom stereocenters. The molecule has 0 aromatic heterocycles. The molecule has 2 aliphatic rings. The fraction of sp³-hybridized carbons (Fsp3) is 0.944. The van der Waals surface area contributed by atoms with Crippen LogP contribution < -0.4 is 10.6 Å². The van der Waals surface area contributed by atoms with Gasteiger partial charge in [0, 0.05) is 30.5 Å². The van der Waals surface area contributed by atoms with Crippen LogP contribution in [-0.4, -0.2) is 49.3 Å². The maximum atomic E-state index is 5.53. The number of halogens is 1. The zero-order valence-electron chi connectivity index (χ0n) is 15.8. The summed E-state index contributed by atoms with van der Waals surface area (Å²) in [7, 11) is 0. The first-order chi connectivity index (χ1) is 11.1. The number of thioether (sulfide) groups is 1. The predicted molar refractivity (Wildman–Crippen MR) is 117 cm³/mol.